The van der Waals surface area contributed by atoms with Crippen LogP contribution in [-0.4, -0.2) is 0 Å². The number of rotatable bonds is 3. The first kappa shape index (κ1) is 11.7. The number of halogens is 2. The minimum absolute atomic E-state index is 0.748. The summed E-state index contributed by atoms with van der Waals surface area (Å²) in [5.41, 5.74) is 0. The quantitative estimate of drug-likeness (QED) is 0.722. The maximum Gasteiger partial charge on any atom is 0.128 e. The summed E-state index contributed by atoms with van der Waals surface area (Å²) in [7, 11) is 0. The molecule has 1 nitrogen and oxygen atoms in total. The van der Waals surface area contributed by atoms with Gasteiger partial charge in [-0.05, 0) is 24.3 Å². The van der Waals surface area contributed by atoms with Gasteiger partial charge in [0.05, 0.1) is 0 Å². The Morgan fingerprint density at radius 3 is 2.19 bits per heavy atom. The molecule has 0 aliphatic carbocycles. The Labute approximate surface area is 105 Å². The Kier molecular flexibility index (Phi) is 4.06. The van der Waals surface area contributed by atoms with E-state index in [4.69, 9.17) is 27.2 Å². The third-order valence-corrected chi connectivity index (χ3v) is 3.83. The van der Waals surface area contributed by atoms with Crippen molar-refractivity contribution >= 4 is 34.4 Å². The zero-order valence-electron chi connectivity index (χ0n) is 8.31. The molecule has 16 heavy (non-hydrogen) atoms. The zero-order chi connectivity index (χ0) is 11.4. The van der Waals surface area contributed by atoms with Crippen LogP contribution in [-0.2, 0) is 0 Å². The molecule has 4 heteroatoms. The van der Waals surface area contributed by atoms with Crippen LogP contribution in [0.25, 0.3) is 0 Å². The van der Waals surface area contributed by atoms with Gasteiger partial charge in [-0.1, -0.05) is 52.8 Å². The number of benzene rings is 2. The topological polar surface area (TPSA) is 9.23 Å². The molecular formula is C12H9Cl2OP. The Morgan fingerprint density at radius 1 is 0.812 bits per heavy atom. The highest BCUT2D eigenvalue weighted by Gasteiger charge is 2.05. The van der Waals surface area contributed by atoms with Crippen LogP contribution in [0.2, 0.25) is 0 Å². The molecule has 0 amide bonds. The molecule has 0 atom stereocenters. The van der Waals surface area contributed by atoms with Gasteiger partial charge in [0.15, 0.2) is 0 Å². The third-order valence-electron chi connectivity index (χ3n) is 1.99. The largest absolute Gasteiger partial charge is 0.457 e. The highest BCUT2D eigenvalue weighted by molar-refractivity contribution is 8.08. The molecule has 2 rings (SSSR count). The van der Waals surface area contributed by atoms with Crippen LogP contribution in [0, 0.1) is 0 Å². The van der Waals surface area contributed by atoms with Crippen LogP contribution in [0.1, 0.15) is 0 Å². The summed E-state index contributed by atoms with van der Waals surface area (Å²) in [5.74, 6) is 1.55. The normalized spacial score (nSPS) is 10.4. The van der Waals surface area contributed by atoms with Gasteiger partial charge in [-0.25, -0.2) is 0 Å². The van der Waals surface area contributed by atoms with Crippen LogP contribution in [0.5, 0.6) is 11.5 Å². The molecule has 2 aromatic carbocycles. The van der Waals surface area contributed by atoms with Gasteiger partial charge in [0.1, 0.15) is 18.1 Å². The molecule has 0 spiro atoms. The Bertz CT molecular complexity index is 460. The maximum atomic E-state index is 5.85. The van der Waals surface area contributed by atoms with Crippen LogP contribution < -0.4 is 10.0 Å². The summed E-state index contributed by atoms with van der Waals surface area (Å²) in [6, 6.07) is 17.1. The highest BCUT2D eigenvalue weighted by Crippen LogP contribution is 2.45. The predicted octanol–water partition coefficient (Wildman–Crippen LogP) is 4.89. The Balaban J connectivity index is 2.19. The zero-order valence-corrected chi connectivity index (χ0v) is 10.7. The summed E-state index contributed by atoms with van der Waals surface area (Å²) in [4.78, 5) is 0. The van der Waals surface area contributed by atoms with Crippen molar-refractivity contribution in [3.63, 3.8) is 0 Å². The smallest absolute Gasteiger partial charge is 0.128 e. The minimum Gasteiger partial charge on any atom is -0.457 e. The molecule has 0 radical (unpaired) electrons. The third kappa shape index (κ3) is 3.12. The number of ether oxygens (including phenoxy) is 1. The van der Waals surface area contributed by atoms with Crippen LogP contribution >= 0.6 is 29.1 Å². The van der Waals surface area contributed by atoms with Gasteiger partial charge >= 0.3 is 0 Å². The summed E-state index contributed by atoms with van der Waals surface area (Å²) < 4.78 is 5.66. The average molecular weight is 271 g/mol. The lowest BCUT2D eigenvalue weighted by Crippen LogP contribution is -1.94. The lowest BCUT2D eigenvalue weighted by molar-refractivity contribution is 0.483. The molecule has 0 aliphatic heterocycles. The molecule has 0 unspecified atom stereocenters. The summed E-state index contributed by atoms with van der Waals surface area (Å²) >= 11 is 11.7. The van der Waals surface area contributed by atoms with Gasteiger partial charge in [0, 0.05) is 5.30 Å². The van der Waals surface area contributed by atoms with Crippen LogP contribution in [0.15, 0.2) is 54.6 Å². The molecule has 0 saturated heterocycles. The number of para-hydroxylation sites is 1. The van der Waals surface area contributed by atoms with Crippen molar-refractivity contribution in [1.29, 1.82) is 0 Å². The van der Waals surface area contributed by atoms with Gasteiger partial charge in [0.25, 0.3) is 0 Å². The van der Waals surface area contributed by atoms with Gasteiger partial charge in [0.2, 0.25) is 0 Å². The van der Waals surface area contributed by atoms with Crippen LogP contribution in [0.3, 0.4) is 0 Å². The lowest BCUT2D eigenvalue weighted by Gasteiger charge is -2.07. The van der Waals surface area contributed by atoms with Gasteiger partial charge < -0.3 is 4.74 Å². The summed E-state index contributed by atoms with van der Waals surface area (Å²) in [5, 5.41) is 0.895. The second-order valence-corrected chi connectivity index (χ2v) is 6.68. The number of hydrogen-bond donors (Lipinski definition) is 0. The molecule has 0 bridgehead atoms. The standard InChI is InChI=1S/C12H9Cl2OP/c13-16(14)12-8-4-7-11(9-12)15-10-5-2-1-3-6-10/h1-9H. The first-order valence-electron chi connectivity index (χ1n) is 4.70. The van der Waals surface area contributed by atoms with Gasteiger partial charge in [-0.15, -0.1) is 0 Å². The van der Waals surface area contributed by atoms with E-state index in [0.717, 1.165) is 16.8 Å². The molecule has 0 aliphatic rings. The molecule has 82 valence electrons. The van der Waals surface area contributed by atoms with E-state index >= 15 is 0 Å². The predicted molar refractivity (Wildman–Crippen MR) is 71.2 cm³/mol. The minimum atomic E-state index is -1.12. The molecular weight excluding hydrogens is 262 g/mol. The molecule has 0 aromatic heterocycles. The van der Waals surface area contributed by atoms with E-state index < -0.39 is 6.63 Å². The van der Waals surface area contributed by atoms with Crippen molar-refractivity contribution < 1.29 is 4.74 Å². The molecule has 0 fully saturated rings. The van der Waals surface area contributed by atoms with E-state index in [0.29, 0.717) is 0 Å². The van der Waals surface area contributed by atoms with Crippen molar-refractivity contribution in [3.8, 4) is 11.5 Å². The average Bonchev–Trinajstić information content (AvgIpc) is 2.30. The first-order valence-corrected chi connectivity index (χ1v) is 7.85. The van der Waals surface area contributed by atoms with E-state index in [1.54, 1.807) is 0 Å². The van der Waals surface area contributed by atoms with E-state index in [9.17, 15) is 0 Å². The van der Waals surface area contributed by atoms with Gasteiger partial charge in [-0.2, -0.15) is 0 Å². The van der Waals surface area contributed by atoms with Crippen molar-refractivity contribution in [2.24, 2.45) is 0 Å². The second kappa shape index (κ2) is 5.54. The first-order chi connectivity index (χ1) is 7.75. The Morgan fingerprint density at radius 2 is 1.50 bits per heavy atom. The summed E-state index contributed by atoms with van der Waals surface area (Å²) in [6.07, 6.45) is 0. The summed E-state index contributed by atoms with van der Waals surface area (Å²) in [6.45, 7) is -1.12. The fourth-order valence-corrected chi connectivity index (χ4v) is 2.33. The molecule has 0 saturated carbocycles. The van der Waals surface area contributed by atoms with Crippen molar-refractivity contribution in [3.05, 3.63) is 54.6 Å². The number of hydrogen-bond acceptors (Lipinski definition) is 1. The van der Waals surface area contributed by atoms with E-state index in [2.05, 4.69) is 0 Å². The van der Waals surface area contributed by atoms with Crippen molar-refractivity contribution in [2.75, 3.05) is 0 Å². The lowest BCUT2D eigenvalue weighted by atomic mass is 10.3. The SMILES string of the molecule is ClP(Cl)c1cccc(Oc2ccccc2)c1. The van der Waals surface area contributed by atoms with E-state index in [1.165, 1.54) is 0 Å². The maximum absolute atomic E-state index is 5.85. The van der Waals surface area contributed by atoms with Crippen molar-refractivity contribution in [1.82, 2.24) is 0 Å². The molecule has 0 heterocycles. The van der Waals surface area contributed by atoms with E-state index in [-0.39, 0.29) is 0 Å². The second-order valence-electron chi connectivity index (χ2n) is 3.15. The van der Waals surface area contributed by atoms with Crippen LogP contribution in [0.4, 0.5) is 0 Å². The fourth-order valence-electron chi connectivity index (χ4n) is 1.28. The molecule has 0 N–H and O–H groups in total. The van der Waals surface area contributed by atoms with Crippen molar-refractivity contribution in [2.45, 2.75) is 0 Å². The van der Waals surface area contributed by atoms with Gasteiger partial charge in [-0.3, -0.25) is 0 Å². The monoisotopic (exact) mass is 270 g/mol. The molecule has 2 aromatic rings. The van der Waals surface area contributed by atoms with E-state index in [1.807, 2.05) is 54.6 Å². The Hall–Kier alpha value is -0.750. The fraction of sp³-hybridized carbons (Fsp3) is 0. The highest BCUT2D eigenvalue weighted by atomic mass is 35.9.